The lowest BCUT2D eigenvalue weighted by Gasteiger charge is -2.26. The van der Waals surface area contributed by atoms with Crippen molar-refractivity contribution in [2.24, 2.45) is 0 Å². The summed E-state index contributed by atoms with van der Waals surface area (Å²) < 4.78 is 22.8. The second-order valence-electron chi connectivity index (χ2n) is 29.7. The van der Waals surface area contributed by atoms with Crippen LogP contribution in [-0.2, 0) is 33.3 Å². The highest BCUT2D eigenvalue weighted by Gasteiger charge is 2.22. The second-order valence-corrected chi connectivity index (χ2v) is 29.7. The average Bonchev–Trinajstić information content (AvgIpc) is 1.16. The molecule has 0 aromatic heterocycles. The molecule has 2 atom stereocenters. The van der Waals surface area contributed by atoms with E-state index in [0.717, 1.165) is 109 Å². The Kier molecular flexibility index (Phi) is 78.9. The Hall–Kier alpha value is -4.83. The SMILES string of the molecule is CC/C=C\C/C=C\C/C=C\C/C=C\C/C=C\C/C=C\C/C=C\C/C=C\C/C=C\C/C=C\C/C=C\CCCCCC(=O)OC(COC(=O)CCCCCCCCCCCCCCCCCCCCCCCCCCCCCCC/C=C\CCCCCCCCCC)COC(OCC[N+](C)(C)C)C(=O)[O-]. The number of carboxylic acids is 1. The summed E-state index contributed by atoms with van der Waals surface area (Å²) in [6.45, 7) is 4.62. The van der Waals surface area contributed by atoms with Crippen LogP contribution in [0.2, 0.25) is 0 Å². The largest absolute Gasteiger partial charge is 0.545 e. The number of hydrogen-bond acceptors (Lipinski definition) is 8. The molecule has 0 saturated carbocycles. The number of unbranched alkanes of at least 4 members (excludes halogenated alkanes) is 40. The number of rotatable bonds is 79. The van der Waals surface area contributed by atoms with Crippen LogP contribution in [0.4, 0.5) is 0 Å². The minimum absolute atomic E-state index is 0.135. The van der Waals surface area contributed by atoms with Crippen LogP contribution in [0.3, 0.4) is 0 Å². The quantitative estimate of drug-likeness (QED) is 0.0195. The zero-order valence-electron chi connectivity index (χ0n) is 67.7. The van der Waals surface area contributed by atoms with Gasteiger partial charge in [-0.05, 0) is 122 Å². The van der Waals surface area contributed by atoms with Gasteiger partial charge in [-0.3, -0.25) is 9.59 Å². The molecule has 0 saturated heterocycles. The molecular weight excluding hydrogens is 1270 g/mol. The van der Waals surface area contributed by atoms with E-state index in [0.29, 0.717) is 17.4 Å². The summed E-state index contributed by atoms with van der Waals surface area (Å²) in [6, 6.07) is 0. The van der Waals surface area contributed by atoms with Crippen LogP contribution in [-0.4, -0.2) is 82.3 Å². The van der Waals surface area contributed by atoms with Crippen LogP contribution in [0.15, 0.2) is 146 Å². The van der Waals surface area contributed by atoms with Gasteiger partial charge in [0.05, 0.1) is 40.3 Å². The van der Waals surface area contributed by atoms with Gasteiger partial charge in [0.1, 0.15) is 13.2 Å². The summed E-state index contributed by atoms with van der Waals surface area (Å²) in [5, 5.41) is 11.9. The molecule has 103 heavy (non-hydrogen) atoms. The van der Waals surface area contributed by atoms with E-state index in [1.807, 2.05) is 21.1 Å². The average molecular weight is 1430 g/mol. The highest BCUT2D eigenvalue weighted by Crippen LogP contribution is 2.19. The van der Waals surface area contributed by atoms with Gasteiger partial charge in [0.15, 0.2) is 12.4 Å². The molecule has 0 aromatic rings. The van der Waals surface area contributed by atoms with Crippen molar-refractivity contribution in [2.45, 2.75) is 386 Å². The topological polar surface area (TPSA) is 111 Å². The van der Waals surface area contributed by atoms with Gasteiger partial charge in [-0.2, -0.15) is 0 Å². The normalized spacial score (nSPS) is 13.4. The molecule has 0 bridgehead atoms. The minimum Gasteiger partial charge on any atom is -0.545 e. The van der Waals surface area contributed by atoms with Gasteiger partial charge in [0, 0.05) is 12.8 Å². The third kappa shape index (κ3) is 84.3. The van der Waals surface area contributed by atoms with Crippen LogP contribution in [0, 0.1) is 0 Å². The number of hydrogen-bond donors (Lipinski definition) is 0. The Labute approximate surface area is 636 Å². The van der Waals surface area contributed by atoms with Crippen LogP contribution >= 0.6 is 0 Å². The maximum Gasteiger partial charge on any atom is 0.306 e. The van der Waals surface area contributed by atoms with Crippen molar-refractivity contribution in [1.82, 2.24) is 0 Å². The molecule has 9 nitrogen and oxygen atoms in total. The van der Waals surface area contributed by atoms with Crippen molar-refractivity contribution in [1.29, 1.82) is 0 Å². The molecule has 9 heteroatoms. The van der Waals surface area contributed by atoms with Crippen molar-refractivity contribution in [3.63, 3.8) is 0 Å². The highest BCUT2D eigenvalue weighted by molar-refractivity contribution is 5.70. The van der Waals surface area contributed by atoms with E-state index >= 15 is 0 Å². The molecule has 0 amide bonds. The first-order valence-corrected chi connectivity index (χ1v) is 43.0. The zero-order valence-corrected chi connectivity index (χ0v) is 67.7. The van der Waals surface area contributed by atoms with Gasteiger partial charge in [-0.25, -0.2) is 0 Å². The van der Waals surface area contributed by atoms with Gasteiger partial charge in [-0.15, -0.1) is 0 Å². The van der Waals surface area contributed by atoms with Gasteiger partial charge < -0.3 is 33.3 Å². The Bertz CT molecular complexity index is 2220. The lowest BCUT2D eigenvalue weighted by atomic mass is 10.0. The van der Waals surface area contributed by atoms with Crippen LogP contribution < -0.4 is 5.11 Å². The number of aliphatic carboxylic acids is 1. The predicted molar refractivity (Wildman–Crippen MR) is 444 cm³/mol. The predicted octanol–water partition coefficient (Wildman–Crippen LogP) is 26.8. The molecule has 0 aliphatic rings. The summed E-state index contributed by atoms with van der Waals surface area (Å²) >= 11 is 0. The van der Waals surface area contributed by atoms with E-state index in [9.17, 15) is 19.5 Å². The van der Waals surface area contributed by atoms with Crippen molar-refractivity contribution in [3.05, 3.63) is 146 Å². The first-order valence-electron chi connectivity index (χ1n) is 43.0. The standard InChI is InChI=1S/C94H161NO8/c1-6-8-10-12-14-16-18-20-22-24-26-28-30-32-34-36-38-40-42-44-45-46-47-49-50-52-54-56-58-60-62-64-66-68-70-72-74-76-78-80-82-84-91(96)101-88-90(89-102-94(93(98)99)100-87-86-95(3,4)5)103-92(97)85-83-81-79-77-75-73-71-69-67-65-63-61-59-57-55-53-51-48-43-41-39-37-35-33-31-29-27-25-23-21-19-17-15-13-11-9-7-2/h9,11,15,17,21,23-24,26-27,29,33,35,39,41,48,51,55,57,61,63,67,69,73,75,90,94H,6-8,10,12-14,16,18-20,22,25,28,30-32,34,36-38,40,42-47,49-50,52-54,56,58-60,62,64-66,68,70-72,74,76-89H2,1-5H3/b11-9-,17-15-,23-21-,26-24-,29-27-,35-33-,41-39-,51-48-,57-55-,63-61-,69-67-,75-73-. The summed E-state index contributed by atoms with van der Waals surface area (Å²) in [5.41, 5.74) is 0. The number of esters is 2. The number of carbonyl (C=O) groups is 3. The fourth-order valence-corrected chi connectivity index (χ4v) is 12.1. The Morgan fingerprint density at radius 2 is 0.553 bits per heavy atom. The van der Waals surface area contributed by atoms with Gasteiger partial charge in [-0.1, -0.05) is 384 Å². The van der Waals surface area contributed by atoms with Gasteiger partial charge >= 0.3 is 11.9 Å². The highest BCUT2D eigenvalue weighted by atomic mass is 16.7. The van der Waals surface area contributed by atoms with Crippen molar-refractivity contribution in [3.8, 4) is 0 Å². The Balaban J connectivity index is 4.06. The molecule has 0 fully saturated rings. The molecule has 590 valence electrons. The number of quaternary nitrogens is 1. The third-order valence-electron chi connectivity index (χ3n) is 18.6. The summed E-state index contributed by atoms with van der Waals surface area (Å²) in [5.74, 6) is -2.33. The lowest BCUT2D eigenvalue weighted by molar-refractivity contribution is -0.870. The molecule has 0 aliphatic heterocycles. The first kappa shape index (κ1) is 98.2. The van der Waals surface area contributed by atoms with Crippen molar-refractivity contribution >= 4 is 17.9 Å². The fourth-order valence-electron chi connectivity index (χ4n) is 12.1. The molecule has 0 N–H and O–H groups in total. The molecular formula is C94H161NO8. The van der Waals surface area contributed by atoms with E-state index in [1.54, 1.807) is 0 Å². The lowest BCUT2D eigenvalue weighted by Crippen LogP contribution is -2.44. The molecule has 0 spiro atoms. The van der Waals surface area contributed by atoms with Gasteiger partial charge in [0.25, 0.3) is 0 Å². The van der Waals surface area contributed by atoms with E-state index in [4.69, 9.17) is 18.9 Å². The monoisotopic (exact) mass is 1430 g/mol. The third-order valence-corrected chi connectivity index (χ3v) is 18.6. The van der Waals surface area contributed by atoms with E-state index in [1.165, 1.54) is 231 Å². The molecule has 2 unspecified atom stereocenters. The number of carboxylic acid groups (broad SMARTS) is 1. The number of likely N-dealkylation sites (N-methyl/N-ethyl adjacent to an activating group) is 1. The smallest absolute Gasteiger partial charge is 0.306 e. The van der Waals surface area contributed by atoms with E-state index < -0.39 is 24.3 Å². The molecule has 0 radical (unpaired) electrons. The van der Waals surface area contributed by atoms with E-state index in [-0.39, 0.29) is 38.6 Å². The zero-order chi connectivity index (χ0) is 74.6. The molecule has 0 aliphatic carbocycles. The number of ether oxygens (including phenoxy) is 4. The number of nitrogens with zero attached hydrogens (tertiary/aromatic N) is 1. The molecule has 0 rings (SSSR count). The van der Waals surface area contributed by atoms with Gasteiger partial charge in [0.2, 0.25) is 0 Å². The van der Waals surface area contributed by atoms with Crippen LogP contribution in [0.25, 0.3) is 0 Å². The summed E-state index contributed by atoms with van der Waals surface area (Å²) in [6.07, 6.45) is 119. The number of carbonyl (C=O) groups excluding carboxylic acids is 3. The maximum atomic E-state index is 13.0. The van der Waals surface area contributed by atoms with E-state index in [2.05, 4.69) is 160 Å². The second kappa shape index (κ2) is 82.8. The Morgan fingerprint density at radius 1 is 0.301 bits per heavy atom. The van der Waals surface area contributed by atoms with Crippen LogP contribution in [0.1, 0.15) is 373 Å². The minimum atomic E-state index is -1.64. The van der Waals surface area contributed by atoms with Crippen molar-refractivity contribution < 1.29 is 42.9 Å². The van der Waals surface area contributed by atoms with Crippen LogP contribution in [0.5, 0.6) is 0 Å². The fraction of sp³-hybridized carbons (Fsp3) is 0.713. The number of allylic oxidation sites excluding steroid dienone is 24. The maximum absolute atomic E-state index is 13.0. The summed E-state index contributed by atoms with van der Waals surface area (Å²) in [4.78, 5) is 37.6. The first-order chi connectivity index (χ1) is 50.6. The Morgan fingerprint density at radius 3 is 0.845 bits per heavy atom. The molecule has 0 heterocycles. The summed E-state index contributed by atoms with van der Waals surface area (Å²) in [7, 11) is 5.92. The molecule has 0 aromatic carbocycles. The van der Waals surface area contributed by atoms with Crippen molar-refractivity contribution in [2.75, 3.05) is 47.5 Å².